The van der Waals surface area contributed by atoms with E-state index in [9.17, 15) is 4.79 Å². The number of carbonyl (C=O) groups excluding carboxylic acids is 1. The van der Waals surface area contributed by atoms with Crippen molar-refractivity contribution in [3.63, 3.8) is 0 Å². The summed E-state index contributed by atoms with van der Waals surface area (Å²) in [6.45, 7) is 8.20. The fourth-order valence-electron chi connectivity index (χ4n) is 2.55. The summed E-state index contributed by atoms with van der Waals surface area (Å²) in [6.07, 6.45) is 3.43. The Morgan fingerprint density at radius 1 is 1.37 bits per heavy atom. The molecule has 0 spiro atoms. The van der Waals surface area contributed by atoms with Gasteiger partial charge in [-0.25, -0.2) is 0 Å². The van der Waals surface area contributed by atoms with Gasteiger partial charge in [0.2, 0.25) is 5.91 Å². The van der Waals surface area contributed by atoms with Crippen LogP contribution in [0.25, 0.3) is 0 Å². The van der Waals surface area contributed by atoms with Crippen molar-refractivity contribution in [3.05, 3.63) is 0 Å². The second-order valence-electron chi connectivity index (χ2n) is 5.78. The van der Waals surface area contributed by atoms with Crippen LogP contribution in [0, 0.1) is 5.92 Å². The molecule has 2 rings (SSSR count). The third-order valence-corrected chi connectivity index (χ3v) is 4.77. The van der Waals surface area contributed by atoms with Crippen LogP contribution in [0.1, 0.15) is 40.0 Å². The maximum absolute atomic E-state index is 12.2. The second-order valence-corrected chi connectivity index (χ2v) is 6.86. The second kappa shape index (κ2) is 6.64. The third kappa shape index (κ3) is 3.88. The van der Waals surface area contributed by atoms with Crippen LogP contribution < -0.4 is 5.32 Å². The number of nitrogens with zero attached hydrogens (tertiary/aromatic N) is 2. The highest BCUT2D eigenvalue weighted by Crippen LogP contribution is 2.22. The first-order chi connectivity index (χ1) is 9.08. The molecular weight excluding hydrogens is 258 g/mol. The van der Waals surface area contributed by atoms with E-state index in [1.54, 1.807) is 11.8 Å². The number of rotatable bonds is 3. The zero-order valence-corrected chi connectivity index (χ0v) is 13.0. The van der Waals surface area contributed by atoms with E-state index in [0.29, 0.717) is 12.0 Å². The summed E-state index contributed by atoms with van der Waals surface area (Å²) in [5, 5.41) is 4.25. The Kier molecular flexibility index (Phi) is 5.13. The SMILES string of the molecule is CC(NC1=NC(C(C)C)CCS1)C(=O)N1CCCC1. The van der Waals surface area contributed by atoms with Gasteiger partial charge in [0.05, 0.1) is 6.04 Å². The topological polar surface area (TPSA) is 44.7 Å². The van der Waals surface area contributed by atoms with Crippen molar-refractivity contribution >= 4 is 22.8 Å². The number of hydrogen-bond donors (Lipinski definition) is 1. The minimum atomic E-state index is -0.157. The molecule has 2 aliphatic rings. The van der Waals surface area contributed by atoms with Crippen molar-refractivity contribution < 1.29 is 4.79 Å². The van der Waals surface area contributed by atoms with Crippen molar-refractivity contribution in [2.75, 3.05) is 18.8 Å². The average Bonchev–Trinajstić information content (AvgIpc) is 2.92. The molecule has 0 saturated carbocycles. The number of amidine groups is 1. The lowest BCUT2D eigenvalue weighted by Crippen LogP contribution is -2.46. The Morgan fingerprint density at radius 3 is 2.68 bits per heavy atom. The Bertz CT molecular complexity index is 351. The first-order valence-corrected chi connectivity index (χ1v) is 8.32. The molecule has 5 heteroatoms. The molecule has 0 aliphatic carbocycles. The van der Waals surface area contributed by atoms with Crippen molar-refractivity contribution in [2.45, 2.75) is 52.1 Å². The molecular formula is C14H25N3OS. The normalized spacial score (nSPS) is 25.4. The van der Waals surface area contributed by atoms with Crippen LogP contribution in [0.5, 0.6) is 0 Å². The summed E-state index contributed by atoms with van der Waals surface area (Å²) in [5.74, 6) is 1.88. The number of likely N-dealkylation sites (tertiary alicyclic amines) is 1. The third-order valence-electron chi connectivity index (χ3n) is 3.83. The molecule has 108 valence electrons. The number of aliphatic imine (C=N–C) groups is 1. The predicted octanol–water partition coefficient (Wildman–Crippen LogP) is 2.10. The fraction of sp³-hybridized carbons (Fsp3) is 0.857. The lowest BCUT2D eigenvalue weighted by atomic mass is 10.0. The van der Waals surface area contributed by atoms with Gasteiger partial charge < -0.3 is 10.2 Å². The van der Waals surface area contributed by atoms with E-state index in [2.05, 4.69) is 19.2 Å². The van der Waals surface area contributed by atoms with Crippen LogP contribution in [-0.4, -0.2) is 46.9 Å². The van der Waals surface area contributed by atoms with Crippen LogP contribution in [0.15, 0.2) is 4.99 Å². The molecule has 1 amide bonds. The molecule has 0 aromatic carbocycles. The van der Waals surface area contributed by atoms with E-state index < -0.39 is 0 Å². The first-order valence-electron chi connectivity index (χ1n) is 7.34. The van der Waals surface area contributed by atoms with E-state index in [-0.39, 0.29) is 11.9 Å². The fourth-order valence-corrected chi connectivity index (χ4v) is 3.57. The van der Waals surface area contributed by atoms with Crippen LogP contribution in [0.3, 0.4) is 0 Å². The zero-order valence-electron chi connectivity index (χ0n) is 12.2. The smallest absolute Gasteiger partial charge is 0.244 e. The van der Waals surface area contributed by atoms with Gasteiger partial charge in [-0.2, -0.15) is 0 Å². The van der Waals surface area contributed by atoms with E-state index in [1.165, 1.54) is 0 Å². The van der Waals surface area contributed by atoms with Crippen LogP contribution in [0.4, 0.5) is 0 Å². The lowest BCUT2D eigenvalue weighted by molar-refractivity contribution is -0.131. The first kappa shape index (κ1) is 14.7. The molecule has 0 aromatic heterocycles. The summed E-state index contributed by atoms with van der Waals surface area (Å²) in [5.41, 5.74) is 0. The van der Waals surface area contributed by atoms with Gasteiger partial charge in [0.25, 0.3) is 0 Å². The lowest BCUT2D eigenvalue weighted by Gasteiger charge is -2.26. The Hall–Kier alpha value is -0.710. The standard InChI is InChI=1S/C14H25N3OS/c1-10(2)12-6-9-19-14(16-12)15-11(3)13(18)17-7-4-5-8-17/h10-12H,4-9H2,1-3H3,(H,15,16). The molecule has 2 atom stereocenters. The summed E-state index contributed by atoms with van der Waals surface area (Å²) in [7, 11) is 0. The Balaban J connectivity index is 1.90. The molecule has 0 bridgehead atoms. The number of thioether (sulfide) groups is 1. The highest BCUT2D eigenvalue weighted by molar-refractivity contribution is 8.13. The minimum Gasteiger partial charge on any atom is -0.353 e. The largest absolute Gasteiger partial charge is 0.353 e. The zero-order chi connectivity index (χ0) is 13.8. The summed E-state index contributed by atoms with van der Waals surface area (Å²) in [6, 6.07) is 0.244. The van der Waals surface area contributed by atoms with Gasteiger partial charge in [-0.1, -0.05) is 25.6 Å². The van der Waals surface area contributed by atoms with Crippen molar-refractivity contribution in [1.82, 2.24) is 10.2 Å². The van der Waals surface area contributed by atoms with Gasteiger partial charge in [0.15, 0.2) is 5.17 Å². The van der Waals surface area contributed by atoms with Gasteiger partial charge in [-0.05, 0) is 32.1 Å². The predicted molar refractivity (Wildman–Crippen MR) is 81.5 cm³/mol. The Morgan fingerprint density at radius 2 is 2.05 bits per heavy atom. The Labute approximate surface area is 120 Å². The van der Waals surface area contributed by atoms with E-state index in [0.717, 1.165) is 43.3 Å². The molecule has 1 N–H and O–H groups in total. The molecule has 4 nitrogen and oxygen atoms in total. The van der Waals surface area contributed by atoms with Gasteiger partial charge in [0, 0.05) is 18.8 Å². The van der Waals surface area contributed by atoms with Crippen molar-refractivity contribution in [1.29, 1.82) is 0 Å². The quantitative estimate of drug-likeness (QED) is 0.863. The molecule has 0 aromatic rings. The van der Waals surface area contributed by atoms with Crippen LogP contribution in [-0.2, 0) is 4.79 Å². The van der Waals surface area contributed by atoms with E-state index >= 15 is 0 Å². The number of carbonyl (C=O) groups is 1. The van der Waals surface area contributed by atoms with E-state index in [4.69, 9.17) is 4.99 Å². The van der Waals surface area contributed by atoms with Gasteiger partial charge >= 0.3 is 0 Å². The number of nitrogens with one attached hydrogen (secondary N) is 1. The molecule has 19 heavy (non-hydrogen) atoms. The monoisotopic (exact) mass is 283 g/mol. The molecule has 1 fully saturated rings. The number of hydrogen-bond acceptors (Lipinski definition) is 4. The maximum atomic E-state index is 12.2. The molecule has 2 heterocycles. The minimum absolute atomic E-state index is 0.157. The van der Waals surface area contributed by atoms with Crippen LogP contribution >= 0.6 is 11.8 Å². The maximum Gasteiger partial charge on any atom is 0.244 e. The van der Waals surface area contributed by atoms with Gasteiger partial charge in [-0.3, -0.25) is 9.79 Å². The molecule has 0 radical (unpaired) electrons. The molecule has 1 saturated heterocycles. The van der Waals surface area contributed by atoms with Crippen molar-refractivity contribution in [3.8, 4) is 0 Å². The highest BCUT2D eigenvalue weighted by atomic mass is 32.2. The molecule has 2 unspecified atom stereocenters. The molecule has 2 aliphatic heterocycles. The average molecular weight is 283 g/mol. The van der Waals surface area contributed by atoms with E-state index in [1.807, 2.05) is 11.8 Å². The van der Waals surface area contributed by atoms with Crippen LogP contribution in [0.2, 0.25) is 0 Å². The van der Waals surface area contributed by atoms with Gasteiger partial charge in [0.1, 0.15) is 6.04 Å². The summed E-state index contributed by atoms with van der Waals surface area (Å²) in [4.78, 5) is 18.9. The number of amides is 1. The summed E-state index contributed by atoms with van der Waals surface area (Å²) < 4.78 is 0. The highest BCUT2D eigenvalue weighted by Gasteiger charge is 2.25. The van der Waals surface area contributed by atoms with Gasteiger partial charge in [-0.15, -0.1) is 0 Å². The van der Waals surface area contributed by atoms with Crippen molar-refractivity contribution in [2.24, 2.45) is 10.9 Å². The summed E-state index contributed by atoms with van der Waals surface area (Å²) >= 11 is 1.74.